The summed E-state index contributed by atoms with van der Waals surface area (Å²) in [6.45, 7) is 5.34. The standard InChI is InChI=1S/C32H34O6S/c1-17(2)24-16-26(18(3)15-27(24)39(35,36)37)38-32(34)31-29-21-11-6-4-9-19(21)28(20-10-5-7-12-22(20)29)30(31)23-13-8-14-25(23)33/h4-7,9-12,15-17,23,25,28-31,33H,8,13-14H2,1-3H3,(H,35,36,37). The van der Waals surface area contributed by atoms with Crippen molar-refractivity contribution in [2.45, 2.75) is 68.8 Å². The van der Waals surface area contributed by atoms with Crippen molar-refractivity contribution < 1.29 is 27.6 Å². The normalized spacial score (nSPS) is 27.3. The van der Waals surface area contributed by atoms with Crippen LogP contribution in [0.3, 0.4) is 0 Å². The summed E-state index contributed by atoms with van der Waals surface area (Å²) in [6.07, 6.45) is 2.06. The molecular formula is C32H34O6S. The van der Waals surface area contributed by atoms with Gasteiger partial charge in [0, 0.05) is 11.8 Å². The fourth-order valence-electron chi connectivity index (χ4n) is 7.58. The Labute approximate surface area is 229 Å². The number of aliphatic hydroxyl groups is 1. The minimum atomic E-state index is -4.43. The number of rotatable bonds is 5. The summed E-state index contributed by atoms with van der Waals surface area (Å²) < 4.78 is 40.1. The number of carbonyl (C=O) groups excluding carboxylic acids is 1. The fourth-order valence-corrected chi connectivity index (χ4v) is 8.50. The maximum Gasteiger partial charge on any atom is 0.315 e. The van der Waals surface area contributed by atoms with E-state index < -0.39 is 22.1 Å². The van der Waals surface area contributed by atoms with Crippen LogP contribution >= 0.6 is 0 Å². The van der Waals surface area contributed by atoms with Crippen LogP contribution in [0.25, 0.3) is 0 Å². The predicted molar refractivity (Wildman–Crippen MR) is 148 cm³/mol. The summed E-state index contributed by atoms with van der Waals surface area (Å²) in [5.74, 6) is -1.15. The number of aryl methyl sites for hydroxylation is 1. The third-order valence-corrected chi connectivity index (χ3v) is 10.1. The molecule has 204 valence electrons. The monoisotopic (exact) mass is 546 g/mol. The van der Waals surface area contributed by atoms with Crippen molar-refractivity contribution in [3.63, 3.8) is 0 Å². The second kappa shape index (κ2) is 9.58. The highest BCUT2D eigenvalue weighted by Crippen LogP contribution is 2.62. The van der Waals surface area contributed by atoms with Crippen LogP contribution in [0.1, 0.15) is 84.2 Å². The number of aliphatic hydroxyl groups excluding tert-OH is 1. The lowest BCUT2D eigenvalue weighted by atomic mass is 9.51. The quantitative estimate of drug-likeness (QED) is 0.233. The Morgan fingerprint density at radius 3 is 1.97 bits per heavy atom. The van der Waals surface area contributed by atoms with Gasteiger partial charge in [-0.25, -0.2) is 0 Å². The Morgan fingerprint density at radius 2 is 1.49 bits per heavy atom. The first-order valence-corrected chi connectivity index (χ1v) is 15.2. The van der Waals surface area contributed by atoms with Crippen LogP contribution in [0.2, 0.25) is 0 Å². The van der Waals surface area contributed by atoms with E-state index in [0.29, 0.717) is 16.9 Å². The molecule has 2 N–H and O–H groups in total. The fraction of sp³-hybridized carbons (Fsp3) is 0.406. The van der Waals surface area contributed by atoms with Crippen LogP contribution < -0.4 is 4.74 Å². The molecule has 2 bridgehead atoms. The van der Waals surface area contributed by atoms with E-state index in [-0.39, 0.29) is 40.5 Å². The zero-order chi connectivity index (χ0) is 27.6. The number of ether oxygens (including phenoxy) is 1. The minimum absolute atomic E-state index is 0.0214. The summed E-state index contributed by atoms with van der Waals surface area (Å²) in [6, 6.07) is 19.6. The molecule has 0 heterocycles. The molecule has 0 aliphatic heterocycles. The summed E-state index contributed by atoms with van der Waals surface area (Å²) in [5.41, 5.74) is 5.57. The average Bonchev–Trinajstić information content (AvgIpc) is 3.33. The molecule has 0 amide bonds. The van der Waals surface area contributed by atoms with Crippen LogP contribution in [0.5, 0.6) is 5.75 Å². The highest BCUT2D eigenvalue weighted by atomic mass is 32.2. The van der Waals surface area contributed by atoms with Crippen LogP contribution in [0.4, 0.5) is 0 Å². The number of benzene rings is 3. The van der Waals surface area contributed by atoms with E-state index in [4.69, 9.17) is 4.74 Å². The maximum atomic E-state index is 14.3. The maximum absolute atomic E-state index is 14.3. The van der Waals surface area contributed by atoms with Crippen molar-refractivity contribution in [1.29, 1.82) is 0 Å². The van der Waals surface area contributed by atoms with Crippen LogP contribution in [0, 0.1) is 24.7 Å². The number of fused-ring (bicyclic) bond motifs is 1. The third kappa shape index (κ3) is 4.22. The Balaban J connectivity index is 1.48. The van der Waals surface area contributed by atoms with E-state index in [1.54, 1.807) is 13.0 Å². The summed E-state index contributed by atoms with van der Waals surface area (Å²) >= 11 is 0. The molecule has 4 aliphatic rings. The van der Waals surface area contributed by atoms with E-state index in [9.17, 15) is 22.9 Å². The first kappa shape index (κ1) is 26.2. The SMILES string of the molecule is Cc1cc(S(=O)(=O)O)c(C(C)C)cc1OC(=O)C1C2c3ccccc3C(c3ccccc32)C1C1CCCC1O. The first-order chi connectivity index (χ1) is 18.6. The number of carbonyl (C=O) groups is 1. The van der Waals surface area contributed by atoms with Crippen molar-refractivity contribution in [2.75, 3.05) is 0 Å². The van der Waals surface area contributed by atoms with Gasteiger partial charge in [0.2, 0.25) is 0 Å². The lowest BCUT2D eigenvalue weighted by molar-refractivity contribution is -0.144. The highest BCUT2D eigenvalue weighted by molar-refractivity contribution is 7.85. The van der Waals surface area contributed by atoms with Crippen LogP contribution in [-0.2, 0) is 14.9 Å². The molecule has 7 heteroatoms. The lowest BCUT2D eigenvalue weighted by Gasteiger charge is -2.52. The number of hydrogen-bond donors (Lipinski definition) is 2. The van der Waals surface area contributed by atoms with E-state index in [0.717, 1.165) is 30.4 Å². The van der Waals surface area contributed by atoms with Crippen molar-refractivity contribution in [2.24, 2.45) is 17.8 Å². The van der Waals surface area contributed by atoms with Gasteiger partial charge < -0.3 is 9.84 Å². The van der Waals surface area contributed by atoms with Crippen molar-refractivity contribution >= 4 is 16.1 Å². The molecule has 0 spiro atoms. The predicted octanol–water partition coefficient (Wildman–Crippen LogP) is 5.95. The lowest BCUT2D eigenvalue weighted by Crippen LogP contribution is -2.49. The third-order valence-electron chi connectivity index (χ3n) is 9.21. The van der Waals surface area contributed by atoms with Gasteiger partial charge in [0.25, 0.3) is 10.1 Å². The molecule has 4 aliphatic carbocycles. The second-order valence-electron chi connectivity index (χ2n) is 11.7. The van der Waals surface area contributed by atoms with E-state index >= 15 is 0 Å². The zero-order valence-electron chi connectivity index (χ0n) is 22.4. The van der Waals surface area contributed by atoms with Crippen molar-refractivity contribution in [1.82, 2.24) is 0 Å². The highest BCUT2D eigenvalue weighted by Gasteiger charge is 2.56. The van der Waals surface area contributed by atoms with Gasteiger partial charge in [-0.3, -0.25) is 9.35 Å². The molecule has 6 nitrogen and oxygen atoms in total. The molecule has 4 atom stereocenters. The first-order valence-electron chi connectivity index (χ1n) is 13.8. The number of esters is 1. The summed E-state index contributed by atoms with van der Waals surface area (Å²) in [5, 5.41) is 11.1. The number of hydrogen-bond acceptors (Lipinski definition) is 5. The molecule has 3 aromatic rings. The zero-order valence-corrected chi connectivity index (χ0v) is 23.2. The Hall–Kier alpha value is -3.00. The minimum Gasteiger partial charge on any atom is -0.426 e. The molecule has 7 rings (SSSR count). The molecule has 1 fully saturated rings. The summed E-state index contributed by atoms with van der Waals surface area (Å²) in [4.78, 5) is 14.1. The van der Waals surface area contributed by atoms with Crippen molar-refractivity contribution in [3.8, 4) is 5.75 Å². The van der Waals surface area contributed by atoms with Gasteiger partial charge in [0.05, 0.1) is 16.9 Å². The average molecular weight is 547 g/mol. The topological polar surface area (TPSA) is 101 Å². The molecule has 3 aromatic carbocycles. The molecule has 0 aromatic heterocycles. The molecule has 1 saturated carbocycles. The molecule has 39 heavy (non-hydrogen) atoms. The second-order valence-corrected chi connectivity index (χ2v) is 13.1. The molecule has 0 radical (unpaired) electrons. The van der Waals surface area contributed by atoms with Gasteiger partial charge in [0.15, 0.2) is 0 Å². The molecule has 0 saturated heterocycles. The van der Waals surface area contributed by atoms with Crippen molar-refractivity contribution in [3.05, 3.63) is 94.0 Å². The van der Waals surface area contributed by atoms with E-state index in [1.165, 1.54) is 17.2 Å². The van der Waals surface area contributed by atoms with Gasteiger partial charge >= 0.3 is 5.97 Å². The summed E-state index contributed by atoms with van der Waals surface area (Å²) in [7, 11) is -4.43. The van der Waals surface area contributed by atoms with Gasteiger partial charge in [-0.15, -0.1) is 0 Å². The van der Waals surface area contributed by atoms with Crippen LogP contribution in [-0.4, -0.2) is 30.2 Å². The van der Waals surface area contributed by atoms with Gasteiger partial charge in [-0.2, -0.15) is 8.42 Å². The Kier molecular flexibility index (Phi) is 6.44. The van der Waals surface area contributed by atoms with Gasteiger partial charge in [-0.1, -0.05) is 68.8 Å². The molecular weight excluding hydrogens is 512 g/mol. The van der Waals surface area contributed by atoms with Gasteiger partial charge in [-0.05, 0) is 83.0 Å². The van der Waals surface area contributed by atoms with Gasteiger partial charge in [0.1, 0.15) is 5.75 Å². The van der Waals surface area contributed by atoms with E-state index in [2.05, 4.69) is 24.3 Å². The van der Waals surface area contributed by atoms with E-state index in [1.807, 2.05) is 38.1 Å². The Bertz CT molecular complexity index is 1510. The Morgan fingerprint density at radius 1 is 0.923 bits per heavy atom. The molecule has 4 unspecified atom stereocenters. The smallest absolute Gasteiger partial charge is 0.315 e. The largest absolute Gasteiger partial charge is 0.426 e. The van der Waals surface area contributed by atoms with Crippen LogP contribution in [0.15, 0.2) is 65.6 Å².